The van der Waals surface area contributed by atoms with E-state index in [9.17, 15) is 4.79 Å². The summed E-state index contributed by atoms with van der Waals surface area (Å²) in [4.78, 5) is 10.4. The highest BCUT2D eigenvalue weighted by atomic mass is 16.4. The lowest BCUT2D eigenvalue weighted by atomic mass is 10.1. The normalized spacial score (nSPS) is 25.5. The molecule has 0 unspecified atom stereocenters. The van der Waals surface area contributed by atoms with Crippen LogP contribution >= 0.6 is 0 Å². The summed E-state index contributed by atoms with van der Waals surface area (Å²) in [6.45, 7) is 0. The molecule has 13 heavy (non-hydrogen) atoms. The molecule has 0 aliphatic heterocycles. The molecule has 0 spiro atoms. The van der Waals surface area contributed by atoms with Gasteiger partial charge in [0.05, 0.1) is 0 Å². The monoisotopic (exact) mass is 176 g/mol. The maximum atomic E-state index is 10.4. The van der Waals surface area contributed by atoms with E-state index < -0.39 is 5.97 Å². The van der Waals surface area contributed by atoms with Crippen molar-refractivity contribution < 1.29 is 9.90 Å². The van der Waals surface area contributed by atoms with Crippen LogP contribution in [-0.4, -0.2) is 11.1 Å². The molecule has 1 aliphatic rings. The number of carboxylic acid groups (broad SMARTS) is 1. The maximum absolute atomic E-state index is 10.4. The van der Waals surface area contributed by atoms with E-state index in [0.717, 1.165) is 6.42 Å². The van der Waals surface area contributed by atoms with Gasteiger partial charge in [-0.25, -0.2) is 0 Å². The van der Waals surface area contributed by atoms with Crippen molar-refractivity contribution in [2.75, 3.05) is 0 Å². The van der Waals surface area contributed by atoms with Crippen molar-refractivity contribution in [3.8, 4) is 0 Å². The Morgan fingerprint density at radius 3 is 2.69 bits per heavy atom. The average Bonchev–Trinajstić information content (AvgIpc) is 2.84. The molecule has 2 atom stereocenters. The Morgan fingerprint density at radius 2 is 2.08 bits per heavy atom. The molecule has 0 heterocycles. The Morgan fingerprint density at radius 1 is 1.38 bits per heavy atom. The fourth-order valence-corrected chi connectivity index (χ4v) is 1.81. The molecule has 2 nitrogen and oxygen atoms in total. The topological polar surface area (TPSA) is 37.3 Å². The third-order valence-electron chi connectivity index (χ3n) is 2.59. The number of carboxylic acids is 1. The number of rotatable bonds is 3. The van der Waals surface area contributed by atoms with Crippen molar-refractivity contribution >= 4 is 5.97 Å². The Balaban J connectivity index is 1.97. The van der Waals surface area contributed by atoms with Crippen LogP contribution in [0.2, 0.25) is 0 Å². The first kappa shape index (κ1) is 8.30. The number of hydrogen-bond acceptors (Lipinski definition) is 1. The van der Waals surface area contributed by atoms with E-state index >= 15 is 0 Å². The van der Waals surface area contributed by atoms with Gasteiger partial charge >= 0.3 is 5.97 Å². The molecule has 1 N–H and O–H groups in total. The average molecular weight is 176 g/mol. The van der Waals surface area contributed by atoms with Crippen LogP contribution in [0.4, 0.5) is 0 Å². The summed E-state index contributed by atoms with van der Waals surface area (Å²) in [5.41, 5.74) is 1.29. The van der Waals surface area contributed by atoms with Crippen molar-refractivity contribution in [1.82, 2.24) is 0 Å². The number of aliphatic carboxylic acids is 1. The Labute approximate surface area is 77.2 Å². The largest absolute Gasteiger partial charge is 0.481 e. The van der Waals surface area contributed by atoms with Gasteiger partial charge in [0, 0.05) is 6.42 Å². The zero-order chi connectivity index (χ0) is 9.26. The zero-order valence-corrected chi connectivity index (χ0v) is 7.31. The maximum Gasteiger partial charge on any atom is 0.303 e. The fourth-order valence-electron chi connectivity index (χ4n) is 1.81. The van der Waals surface area contributed by atoms with Gasteiger partial charge in [-0.3, -0.25) is 4.79 Å². The molecule has 1 fully saturated rings. The Bertz CT molecular complexity index is 305. The number of hydrogen-bond donors (Lipinski definition) is 1. The number of benzene rings is 1. The molecule has 2 heteroatoms. The standard InChI is InChI=1S/C11H12O2/c12-11(13)7-9-6-10(9)8-4-2-1-3-5-8/h1-5,9-10H,6-7H2,(H,12,13)/t9-,10+/m0/s1. The van der Waals surface area contributed by atoms with Crippen LogP contribution in [0.5, 0.6) is 0 Å². The van der Waals surface area contributed by atoms with E-state index in [4.69, 9.17) is 5.11 Å². The summed E-state index contributed by atoms with van der Waals surface area (Å²) in [5.74, 6) is 0.195. The lowest BCUT2D eigenvalue weighted by molar-refractivity contribution is -0.137. The van der Waals surface area contributed by atoms with Crippen molar-refractivity contribution in [3.63, 3.8) is 0 Å². The van der Waals surface area contributed by atoms with Crippen molar-refractivity contribution in [2.24, 2.45) is 5.92 Å². The molecular formula is C11H12O2. The molecule has 0 saturated heterocycles. The van der Waals surface area contributed by atoms with Gasteiger partial charge < -0.3 is 5.11 Å². The lowest BCUT2D eigenvalue weighted by Gasteiger charge is -1.97. The molecule has 0 bridgehead atoms. The summed E-state index contributed by atoms with van der Waals surface area (Å²) in [6, 6.07) is 10.1. The molecule has 0 aromatic heterocycles. The summed E-state index contributed by atoms with van der Waals surface area (Å²) in [6.07, 6.45) is 1.36. The minimum Gasteiger partial charge on any atom is -0.481 e. The van der Waals surface area contributed by atoms with Gasteiger partial charge in [0.25, 0.3) is 0 Å². The minimum absolute atomic E-state index is 0.319. The molecule has 1 aromatic rings. The van der Waals surface area contributed by atoms with Gasteiger partial charge in [0.15, 0.2) is 0 Å². The van der Waals surface area contributed by atoms with Gasteiger partial charge in [-0.15, -0.1) is 0 Å². The second-order valence-electron chi connectivity index (χ2n) is 3.61. The van der Waals surface area contributed by atoms with Crippen LogP contribution in [0.25, 0.3) is 0 Å². The predicted octanol–water partition coefficient (Wildman–Crippen LogP) is 2.26. The third-order valence-corrected chi connectivity index (χ3v) is 2.59. The summed E-state index contributed by atoms with van der Waals surface area (Å²) in [5, 5.41) is 8.59. The van der Waals surface area contributed by atoms with E-state index in [0.29, 0.717) is 18.3 Å². The molecule has 68 valence electrons. The number of carbonyl (C=O) groups is 1. The van der Waals surface area contributed by atoms with Gasteiger partial charge in [0.1, 0.15) is 0 Å². The highest BCUT2D eigenvalue weighted by Gasteiger charge is 2.39. The van der Waals surface area contributed by atoms with E-state index in [2.05, 4.69) is 12.1 Å². The van der Waals surface area contributed by atoms with E-state index in [1.54, 1.807) is 0 Å². The second kappa shape index (κ2) is 3.21. The quantitative estimate of drug-likeness (QED) is 0.767. The van der Waals surface area contributed by atoms with Crippen LogP contribution < -0.4 is 0 Å². The molecule has 0 radical (unpaired) electrons. The second-order valence-corrected chi connectivity index (χ2v) is 3.61. The SMILES string of the molecule is O=C(O)C[C@@H]1C[C@@H]1c1ccccc1. The van der Waals surface area contributed by atoms with Gasteiger partial charge in [-0.2, -0.15) is 0 Å². The Kier molecular flexibility index (Phi) is 2.05. The molecule has 1 aliphatic carbocycles. The van der Waals surface area contributed by atoms with Crippen molar-refractivity contribution in [1.29, 1.82) is 0 Å². The summed E-state index contributed by atoms with van der Waals surface area (Å²) >= 11 is 0. The van der Waals surface area contributed by atoms with Gasteiger partial charge in [-0.1, -0.05) is 30.3 Å². The van der Waals surface area contributed by atoms with Gasteiger partial charge in [-0.05, 0) is 23.8 Å². The van der Waals surface area contributed by atoms with Crippen molar-refractivity contribution in [3.05, 3.63) is 35.9 Å². The first-order chi connectivity index (χ1) is 6.27. The fraction of sp³-hybridized carbons (Fsp3) is 0.364. The molecule has 1 aromatic carbocycles. The highest BCUT2D eigenvalue weighted by Crippen LogP contribution is 2.49. The molecular weight excluding hydrogens is 164 g/mol. The van der Waals surface area contributed by atoms with E-state index in [1.807, 2.05) is 18.2 Å². The zero-order valence-electron chi connectivity index (χ0n) is 7.31. The van der Waals surface area contributed by atoms with Crippen LogP contribution in [0.15, 0.2) is 30.3 Å². The third kappa shape index (κ3) is 1.89. The molecule has 1 saturated carbocycles. The predicted molar refractivity (Wildman–Crippen MR) is 49.5 cm³/mol. The van der Waals surface area contributed by atoms with Crippen LogP contribution in [0.1, 0.15) is 24.3 Å². The summed E-state index contributed by atoms with van der Waals surface area (Å²) < 4.78 is 0. The van der Waals surface area contributed by atoms with Crippen LogP contribution in [0, 0.1) is 5.92 Å². The molecule has 0 amide bonds. The van der Waals surface area contributed by atoms with Crippen LogP contribution in [-0.2, 0) is 4.79 Å². The lowest BCUT2D eigenvalue weighted by Crippen LogP contribution is -1.96. The first-order valence-corrected chi connectivity index (χ1v) is 4.54. The first-order valence-electron chi connectivity index (χ1n) is 4.54. The summed E-state index contributed by atoms with van der Waals surface area (Å²) in [7, 11) is 0. The van der Waals surface area contributed by atoms with Gasteiger partial charge in [0.2, 0.25) is 0 Å². The Hall–Kier alpha value is -1.31. The van der Waals surface area contributed by atoms with E-state index in [-0.39, 0.29) is 0 Å². The molecule has 2 rings (SSSR count). The highest BCUT2D eigenvalue weighted by molar-refractivity contribution is 5.67. The van der Waals surface area contributed by atoms with E-state index in [1.165, 1.54) is 5.56 Å². The smallest absolute Gasteiger partial charge is 0.303 e. The minimum atomic E-state index is -0.677. The van der Waals surface area contributed by atoms with Crippen molar-refractivity contribution in [2.45, 2.75) is 18.8 Å². The van der Waals surface area contributed by atoms with Crippen LogP contribution in [0.3, 0.4) is 0 Å².